The van der Waals surface area contributed by atoms with E-state index < -0.39 is 0 Å². The van der Waals surface area contributed by atoms with Crippen LogP contribution in [0.1, 0.15) is 61.1 Å². The number of benzene rings is 1. The van der Waals surface area contributed by atoms with Crippen molar-refractivity contribution >= 4 is 5.91 Å². The molecule has 0 saturated carbocycles. The van der Waals surface area contributed by atoms with E-state index in [1.807, 2.05) is 4.90 Å². The number of rotatable bonds is 3. The largest absolute Gasteiger partial charge is 0.487 e. The number of nitrogens with one attached hydrogen (secondary N) is 1. The van der Waals surface area contributed by atoms with Crippen LogP contribution in [0.2, 0.25) is 0 Å². The summed E-state index contributed by atoms with van der Waals surface area (Å²) < 4.78 is 6.11. The summed E-state index contributed by atoms with van der Waals surface area (Å²) in [6, 6.07) is 9.33. The normalized spacial score (nSPS) is 21.9. The number of amides is 1. The van der Waals surface area contributed by atoms with Gasteiger partial charge in [-0.1, -0.05) is 12.1 Å². The van der Waals surface area contributed by atoms with Gasteiger partial charge in [0.25, 0.3) is 11.5 Å². The van der Waals surface area contributed by atoms with Crippen LogP contribution in [0.4, 0.5) is 0 Å². The van der Waals surface area contributed by atoms with E-state index in [0.717, 1.165) is 57.7 Å². The van der Waals surface area contributed by atoms with Crippen LogP contribution in [0, 0.1) is 5.41 Å². The number of H-pyrrole nitrogens is 1. The molecule has 0 unspecified atom stereocenters. The number of likely N-dealkylation sites (tertiary alicyclic amines) is 2. The Morgan fingerprint density at radius 1 is 1.06 bits per heavy atom. The van der Waals surface area contributed by atoms with Gasteiger partial charge in [0.1, 0.15) is 17.0 Å². The lowest BCUT2D eigenvalue weighted by molar-refractivity contribution is 0.0281. The molecular formula is C25H32N4O3. The van der Waals surface area contributed by atoms with Crippen LogP contribution in [-0.2, 0) is 13.0 Å². The van der Waals surface area contributed by atoms with Crippen LogP contribution < -0.4 is 10.3 Å². The molecule has 1 spiro atoms. The zero-order valence-electron chi connectivity index (χ0n) is 19.0. The molecule has 7 heteroatoms. The highest BCUT2D eigenvalue weighted by molar-refractivity contribution is 5.92. The lowest BCUT2D eigenvalue weighted by Crippen LogP contribution is -2.48. The van der Waals surface area contributed by atoms with Gasteiger partial charge in [0, 0.05) is 37.7 Å². The molecule has 1 aromatic carbocycles. The molecule has 3 aliphatic heterocycles. The molecule has 4 heterocycles. The van der Waals surface area contributed by atoms with Crippen molar-refractivity contribution in [2.24, 2.45) is 5.41 Å². The minimum Gasteiger partial charge on any atom is -0.487 e. The molecule has 3 aliphatic rings. The van der Waals surface area contributed by atoms with Crippen molar-refractivity contribution in [2.75, 3.05) is 26.2 Å². The van der Waals surface area contributed by atoms with Gasteiger partial charge >= 0.3 is 0 Å². The summed E-state index contributed by atoms with van der Waals surface area (Å²) in [5, 5.41) is 6.25. The molecule has 5 rings (SSSR count). The maximum Gasteiger partial charge on any atom is 0.274 e. The molecule has 1 amide bonds. The van der Waals surface area contributed by atoms with E-state index in [-0.39, 0.29) is 17.1 Å². The minimum atomic E-state index is -0.289. The van der Waals surface area contributed by atoms with Crippen LogP contribution in [0.3, 0.4) is 0 Å². The predicted molar refractivity (Wildman–Crippen MR) is 122 cm³/mol. The number of hydrogen-bond acceptors (Lipinski definition) is 5. The number of nitrogens with zero attached hydrogens (tertiary/aromatic N) is 3. The Kier molecular flexibility index (Phi) is 5.32. The van der Waals surface area contributed by atoms with E-state index in [1.165, 1.54) is 36.1 Å². The third-order valence-electron chi connectivity index (χ3n) is 7.54. The summed E-state index contributed by atoms with van der Waals surface area (Å²) in [5.41, 5.74) is 3.04. The maximum atomic E-state index is 12.7. The molecule has 170 valence electrons. The number of ether oxygens (including phenoxy) is 1. The van der Waals surface area contributed by atoms with Gasteiger partial charge in [-0.25, -0.2) is 5.10 Å². The number of hydrogen-bond donors (Lipinski definition) is 1. The monoisotopic (exact) mass is 436 g/mol. The van der Waals surface area contributed by atoms with Crippen molar-refractivity contribution in [3.63, 3.8) is 0 Å². The summed E-state index contributed by atoms with van der Waals surface area (Å²) in [4.78, 5) is 28.4. The van der Waals surface area contributed by atoms with Gasteiger partial charge in [0.15, 0.2) is 0 Å². The highest BCUT2D eigenvalue weighted by Crippen LogP contribution is 2.42. The fraction of sp³-hybridized carbons (Fsp3) is 0.560. The third-order valence-corrected chi connectivity index (χ3v) is 7.54. The van der Waals surface area contributed by atoms with Gasteiger partial charge < -0.3 is 9.64 Å². The van der Waals surface area contributed by atoms with E-state index in [1.54, 1.807) is 0 Å². The molecule has 0 bridgehead atoms. The topological polar surface area (TPSA) is 78.5 Å². The molecule has 2 saturated heterocycles. The molecule has 2 fully saturated rings. The van der Waals surface area contributed by atoms with Crippen LogP contribution in [-0.4, -0.2) is 57.7 Å². The van der Waals surface area contributed by atoms with Crippen molar-refractivity contribution in [3.8, 4) is 5.75 Å². The first-order valence-electron chi connectivity index (χ1n) is 11.7. The number of piperidine rings is 2. The summed E-state index contributed by atoms with van der Waals surface area (Å²) in [6.07, 6.45) is 5.42. The zero-order valence-corrected chi connectivity index (χ0v) is 19.0. The van der Waals surface area contributed by atoms with Crippen molar-refractivity contribution in [1.82, 2.24) is 20.0 Å². The first kappa shape index (κ1) is 21.2. The lowest BCUT2D eigenvalue weighted by atomic mass is 9.71. The van der Waals surface area contributed by atoms with E-state index in [4.69, 9.17) is 4.74 Å². The van der Waals surface area contributed by atoms with Gasteiger partial charge in [-0.05, 0) is 75.7 Å². The number of carbonyl (C=O) groups is 1. The molecule has 1 aromatic heterocycles. The number of fused-ring (bicyclic) bond motifs is 1. The smallest absolute Gasteiger partial charge is 0.274 e. The Labute approximate surface area is 188 Å². The molecule has 1 N–H and O–H groups in total. The molecule has 0 radical (unpaired) electrons. The van der Waals surface area contributed by atoms with E-state index in [0.29, 0.717) is 11.1 Å². The minimum absolute atomic E-state index is 0.0865. The van der Waals surface area contributed by atoms with Gasteiger partial charge in [-0.15, -0.1) is 0 Å². The Morgan fingerprint density at radius 2 is 1.78 bits per heavy atom. The lowest BCUT2D eigenvalue weighted by Gasteiger charge is -2.47. The van der Waals surface area contributed by atoms with Crippen LogP contribution >= 0.6 is 0 Å². The van der Waals surface area contributed by atoms with Crippen molar-refractivity contribution in [3.05, 3.63) is 57.5 Å². The average Bonchev–Trinajstić information content (AvgIpc) is 3.11. The quantitative estimate of drug-likeness (QED) is 0.800. The second kappa shape index (κ2) is 8.03. The van der Waals surface area contributed by atoms with E-state index >= 15 is 0 Å². The van der Waals surface area contributed by atoms with Crippen molar-refractivity contribution in [2.45, 2.75) is 58.1 Å². The summed E-state index contributed by atoms with van der Waals surface area (Å²) >= 11 is 0. The Morgan fingerprint density at radius 3 is 2.47 bits per heavy atom. The number of aromatic nitrogens is 2. The van der Waals surface area contributed by atoms with E-state index in [9.17, 15) is 9.59 Å². The van der Waals surface area contributed by atoms with Gasteiger partial charge in [-0.2, -0.15) is 5.10 Å². The fourth-order valence-corrected chi connectivity index (χ4v) is 5.55. The number of carbonyl (C=O) groups excluding carboxylic acids is 1. The maximum absolute atomic E-state index is 12.7. The number of aromatic amines is 1. The third kappa shape index (κ3) is 4.18. The summed E-state index contributed by atoms with van der Waals surface area (Å²) in [7, 11) is 0. The van der Waals surface area contributed by atoms with Crippen LogP contribution in [0.25, 0.3) is 0 Å². The Bertz CT molecular complexity index is 1040. The highest BCUT2D eigenvalue weighted by Gasteiger charge is 2.39. The Hall–Kier alpha value is -2.67. The second-order valence-corrected chi connectivity index (χ2v) is 10.3. The van der Waals surface area contributed by atoms with Crippen molar-refractivity contribution < 1.29 is 9.53 Å². The molecule has 2 aromatic rings. The van der Waals surface area contributed by atoms with Gasteiger partial charge in [-0.3, -0.25) is 14.5 Å². The van der Waals surface area contributed by atoms with Gasteiger partial charge in [0.2, 0.25) is 0 Å². The molecule has 0 aliphatic carbocycles. The summed E-state index contributed by atoms with van der Waals surface area (Å²) in [5.74, 6) is 0.964. The first-order chi connectivity index (χ1) is 15.3. The SMILES string of the molecule is CC1(C)Cc2c(CN3CCC4(CC3)CCN(C(=O)c3ccc(=O)[nH]n3)CC4)cccc2O1. The highest BCUT2D eigenvalue weighted by atomic mass is 16.5. The van der Waals surface area contributed by atoms with E-state index in [2.05, 4.69) is 47.1 Å². The Balaban J connectivity index is 1.16. The molecule has 0 atom stereocenters. The van der Waals surface area contributed by atoms with Crippen LogP contribution in [0.15, 0.2) is 35.1 Å². The second-order valence-electron chi connectivity index (χ2n) is 10.3. The average molecular weight is 437 g/mol. The summed E-state index contributed by atoms with van der Waals surface area (Å²) in [6.45, 7) is 9.03. The molecular weight excluding hydrogens is 404 g/mol. The zero-order chi connectivity index (χ0) is 22.3. The predicted octanol–water partition coefficient (Wildman–Crippen LogP) is 3.00. The van der Waals surface area contributed by atoms with Crippen molar-refractivity contribution in [1.29, 1.82) is 0 Å². The van der Waals surface area contributed by atoms with Crippen LogP contribution in [0.5, 0.6) is 5.75 Å². The molecule has 32 heavy (non-hydrogen) atoms. The first-order valence-corrected chi connectivity index (χ1v) is 11.7. The van der Waals surface area contributed by atoms with Gasteiger partial charge in [0.05, 0.1) is 0 Å². The fourth-order valence-electron chi connectivity index (χ4n) is 5.55. The molecule has 7 nitrogen and oxygen atoms in total. The standard InChI is InChI=1S/C25H32N4O3/c1-24(2)16-19-18(4-3-5-21(19)32-24)17-28-12-8-25(9-13-28)10-14-29(15-11-25)23(31)20-6-7-22(30)27-26-20/h3-7H,8-17H2,1-2H3,(H,27,30).